The number of H-pyrrole nitrogens is 1. The number of hydrogen-bond acceptors (Lipinski definition) is 3. The molecule has 2 heterocycles. The largest absolute Gasteiger partial charge is 0.357 e. The molecule has 0 unspecified atom stereocenters. The highest BCUT2D eigenvalue weighted by molar-refractivity contribution is 5.97. The van der Waals surface area contributed by atoms with E-state index in [4.69, 9.17) is 0 Å². The molecule has 2 rings (SSSR count). The number of aryl methyl sites for hydroxylation is 1. The molecular weight excluding hydrogens is 270 g/mol. The Balaban J connectivity index is 2.05. The highest BCUT2D eigenvalue weighted by Crippen LogP contribution is 2.14. The maximum Gasteiger partial charge on any atom is 0.287 e. The lowest BCUT2D eigenvalue weighted by atomic mass is 10.1. The van der Waals surface area contributed by atoms with Gasteiger partial charge in [0.25, 0.3) is 11.8 Å². The number of amides is 2. The van der Waals surface area contributed by atoms with Crippen LogP contribution in [-0.2, 0) is 6.54 Å². The van der Waals surface area contributed by atoms with Crippen LogP contribution >= 0.6 is 0 Å². The molecule has 7 heteroatoms. The van der Waals surface area contributed by atoms with Crippen molar-refractivity contribution in [2.45, 2.75) is 33.2 Å². The molecule has 2 aromatic rings. The summed E-state index contributed by atoms with van der Waals surface area (Å²) in [6.07, 6.45) is 1.64. The van der Waals surface area contributed by atoms with Crippen molar-refractivity contribution in [1.82, 2.24) is 25.6 Å². The smallest absolute Gasteiger partial charge is 0.287 e. The first kappa shape index (κ1) is 14.8. The molecular formula is C14H19N5O2. The van der Waals surface area contributed by atoms with E-state index >= 15 is 0 Å². The van der Waals surface area contributed by atoms with Gasteiger partial charge in [0.2, 0.25) is 0 Å². The molecule has 0 saturated heterocycles. The molecule has 0 atom stereocenters. The van der Waals surface area contributed by atoms with E-state index in [-0.39, 0.29) is 5.92 Å². The number of carbonyl (C=O) groups is 2. The average molecular weight is 289 g/mol. The van der Waals surface area contributed by atoms with E-state index in [0.29, 0.717) is 17.9 Å². The summed E-state index contributed by atoms with van der Waals surface area (Å²) in [7, 11) is 0. The average Bonchev–Trinajstić information content (AvgIpc) is 3.12. The minimum atomic E-state index is -0.403. The number of nitrogens with one attached hydrogen (secondary N) is 3. The van der Waals surface area contributed by atoms with E-state index < -0.39 is 11.8 Å². The number of nitrogens with zero attached hydrogens (tertiary/aromatic N) is 2. The minimum absolute atomic E-state index is 0.234. The van der Waals surface area contributed by atoms with Crippen LogP contribution < -0.4 is 10.9 Å². The predicted molar refractivity (Wildman–Crippen MR) is 77.7 cm³/mol. The van der Waals surface area contributed by atoms with Gasteiger partial charge >= 0.3 is 0 Å². The second-order valence-corrected chi connectivity index (χ2v) is 4.92. The van der Waals surface area contributed by atoms with Crippen LogP contribution in [0.25, 0.3) is 0 Å². The van der Waals surface area contributed by atoms with E-state index in [1.54, 1.807) is 29.1 Å². The Hall–Kier alpha value is -2.57. The topological polar surface area (TPSA) is 91.8 Å². The fraction of sp³-hybridized carbons (Fsp3) is 0.357. The minimum Gasteiger partial charge on any atom is -0.357 e. The molecule has 0 radical (unpaired) electrons. The van der Waals surface area contributed by atoms with Crippen LogP contribution in [0, 0.1) is 0 Å². The van der Waals surface area contributed by atoms with Gasteiger partial charge in [-0.3, -0.25) is 25.1 Å². The van der Waals surface area contributed by atoms with Crippen molar-refractivity contribution in [1.29, 1.82) is 0 Å². The Kier molecular flexibility index (Phi) is 4.42. The molecule has 0 fully saturated rings. The summed E-state index contributed by atoms with van der Waals surface area (Å²) in [6, 6.07) is 5.07. The summed E-state index contributed by atoms with van der Waals surface area (Å²) in [5.41, 5.74) is 6.40. The second kappa shape index (κ2) is 6.25. The maximum atomic E-state index is 12.1. The highest BCUT2D eigenvalue weighted by Gasteiger charge is 2.17. The number of rotatable bonds is 4. The van der Waals surface area contributed by atoms with Gasteiger partial charge < -0.3 is 4.98 Å². The first-order valence-corrected chi connectivity index (χ1v) is 6.84. The normalized spacial score (nSPS) is 10.7. The molecule has 0 aliphatic heterocycles. The third-order valence-corrected chi connectivity index (χ3v) is 3.05. The zero-order chi connectivity index (χ0) is 15.4. The Bertz CT molecular complexity index is 628. The fourth-order valence-corrected chi connectivity index (χ4v) is 1.86. The first-order valence-electron chi connectivity index (χ1n) is 6.84. The predicted octanol–water partition coefficient (Wildman–Crippen LogP) is 1.43. The molecule has 2 aromatic heterocycles. The van der Waals surface area contributed by atoms with Gasteiger partial charge in [-0.15, -0.1) is 0 Å². The number of aromatic nitrogens is 3. The number of hydrogen-bond donors (Lipinski definition) is 3. The van der Waals surface area contributed by atoms with Crippen LogP contribution in [0.1, 0.15) is 53.4 Å². The van der Waals surface area contributed by atoms with E-state index in [1.165, 1.54) is 0 Å². The lowest BCUT2D eigenvalue weighted by Gasteiger charge is -2.07. The summed E-state index contributed by atoms with van der Waals surface area (Å²) < 4.78 is 1.62. The molecule has 0 bridgehead atoms. The van der Waals surface area contributed by atoms with Crippen molar-refractivity contribution < 1.29 is 9.59 Å². The summed E-state index contributed by atoms with van der Waals surface area (Å²) in [4.78, 5) is 26.6. The third-order valence-electron chi connectivity index (χ3n) is 3.05. The van der Waals surface area contributed by atoms with Gasteiger partial charge in [-0.05, 0) is 31.0 Å². The quantitative estimate of drug-likeness (QED) is 0.743. The number of carbonyl (C=O) groups excluding carboxylic acids is 2. The molecule has 0 aromatic carbocycles. The molecule has 7 nitrogen and oxygen atoms in total. The monoisotopic (exact) mass is 289 g/mol. The maximum absolute atomic E-state index is 12.1. The van der Waals surface area contributed by atoms with Crippen molar-refractivity contribution >= 4 is 11.8 Å². The van der Waals surface area contributed by atoms with Crippen LogP contribution in [0.15, 0.2) is 24.4 Å². The van der Waals surface area contributed by atoms with E-state index in [1.807, 2.05) is 20.8 Å². The molecule has 0 aliphatic rings. The lowest BCUT2D eigenvalue weighted by molar-refractivity contribution is 0.0838. The van der Waals surface area contributed by atoms with Crippen LogP contribution in [0.5, 0.6) is 0 Å². The van der Waals surface area contributed by atoms with Gasteiger partial charge in [0.15, 0.2) is 0 Å². The fourth-order valence-electron chi connectivity index (χ4n) is 1.86. The summed E-state index contributed by atoms with van der Waals surface area (Å²) in [5.74, 6) is -0.561. The van der Waals surface area contributed by atoms with Crippen LogP contribution in [-0.4, -0.2) is 26.6 Å². The SMILES string of the molecule is CCn1nc(C(C)C)cc1C(=O)NNC(=O)c1ccc[nH]1. The lowest BCUT2D eigenvalue weighted by Crippen LogP contribution is -2.42. The van der Waals surface area contributed by atoms with E-state index in [9.17, 15) is 9.59 Å². The van der Waals surface area contributed by atoms with Gasteiger partial charge in [-0.25, -0.2) is 0 Å². The van der Waals surface area contributed by atoms with Crippen LogP contribution in [0.4, 0.5) is 0 Å². The summed E-state index contributed by atoms with van der Waals surface area (Å²) >= 11 is 0. The van der Waals surface area contributed by atoms with E-state index in [0.717, 1.165) is 5.69 Å². The molecule has 0 spiro atoms. The summed E-state index contributed by atoms with van der Waals surface area (Å²) in [5, 5.41) is 4.36. The van der Waals surface area contributed by atoms with Gasteiger partial charge in [0.05, 0.1) is 5.69 Å². The Labute approximate surface area is 122 Å². The number of hydrazine groups is 1. The van der Waals surface area contributed by atoms with Crippen molar-refractivity contribution in [2.24, 2.45) is 0 Å². The van der Waals surface area contributed by atoms with Gasteiger partial charge in [0, 0.05) is 12.7 Å². The van der Waals surface area contributed by atoms with Crippen molar-refractivity contribution in [3.8, 4) is 0 Å². The van der Waals surface area contributed by atoms with Gasteiger partial charge in [-0.2, -0.15) is 5.10 Å². The van der Waals surface area contributed by atoms with E-state index in [2.05, 4.69) is 20.9 Å². The molecule has 3 N–H and O–H groups in total. The highest BCUT2D eigenvalue weighted by atomic mass is 16.2. The zero-order valence-corrected chi connectivity index (χ0v) is 12.3. The first-order chi connectivity index (χ1) is 10.0. The zero-order valence-electron chi connectivity index (χ0n) is 12.3. The van der Waals surface area contributed by atoms with Gasteiger partial charge in [0.1, 0.15) is 11.4 Å². The molecule has 21 heavy (non-hydrogen) atoms. The Morgan fingerprint density at radius 1 is 1.33 bits per heavy atom. The van der Waals surface area contributed by atoms with Gasteiger partial charge in [-0.1, -0.05) is 13.8 Å². The van der Waals surface area contributed by atoms with Crippen molar-refractivity contribution in [3.05, 3.63) is 41.5 Å². The number of aromatic amines is 1. The Morgan fingerprint density at radius 2 is 2.05 bits per heavy atom. The third kappa shape index (κ3) is 3.31. The summed E-state index contributed by atoms with van der Waals surface area (Å²) in [6.45, 7) is 6.51. The Morgan fingerprint density at radius 3 is 2.62 bits per heavy atom. The molecule has 0 aliphatic carbocycles. The molecule has 2 amide bonds. The van der Waals surface area contributed by atoms with Crippen molar-refractivity contribution in [3.63, 3.8) is 0 Å². The molecule has 0 saturated carbocycles. The van der Waals surface area contributed by atoms with Crippen LogP contribution in [0.2, 0.25) is 0 Å². The van der Waals surface area contributed by atoms with Crippen LogP contribution in [0.3, 0.4) is 0 Å². The standard InChI is InChI=1S/C14H19N5O2/c1-4-19-12(8-11(18-19)9(2)3)14(21)17-16-13(20)10-6-5-7-15-10/h5-9,15H,4H2,1-3H3,(H,16,20)(H,17,21). The second-order valence-electron chi connectivity index (χ2n) is 4.92. The molecule has 112 valence electrons. The van der Waals surface area contributed by atoms with Crippen molar-refractivity contribution in [2.75, 3.05) is 0 Å².